The summed E-state index contributed by atoms with van der Waals surface area (Å²) in [4.78, 5) is 4.76. The van der Waals surface area contributed by atoms with Crippen LogP contribution in [0, 0.1) is 0 Å². The minimum atomic E-state index is 0.644. The molecular formula is C21H27N3OS. The summed E-state index contributed by atoms with van der Waals surface area (Å²) in [5.41, 5.74) is 2.34. The zero-order valence-corrected chi connectivity index (χ0v) is 16.2. The Bertz CT molecular complexity index is 699. The third kappa shape index (κ3) is 5.19. The van der Waals surface area contributed by atoms with Crippen LogP contribution in [0.15, 0.2) is 54.6 Å². The van der Waals surface area contributed by atoms with Gasteiger partial charge in [0.05, 0.1) is 12.3 Å². The lowest BCUT2D eigenvalue weighted by atomic mass is 10.1. The SMILES string of the molecule is CCOc1ccccc1NC(=S)N1CCN(CCc2ccccc2)CC1. The highest BCUT2D eigenvalue weighted by Gasteiger charge is 2.19. The molecular weight excluding hydrogens is 342 g/mol. The third-order valence-electron chi connectivity index (χ3n) is 4.65. The van der Waals surface area contributed by atoms with Crippen molar-refractivity contribution in [1.29, 1.82) is 0 Å². The van der Waals surface area contributed by atoms with E-state index in [1.807, 2.05) is 31.2 Å². The van der Waals surface area contributed by atoms with Gasteiger partial charge in [-0.2, -0.15) is 0 Å². The summed E-state index contributed by atoms with van der Waals surface area (Å²) in [5.74, 6) is 0.846. The summed E-state index contributed by atoms with van der Waals surface area (Å²) in [6, 6.07) is 18.6. The largest absolute Gasteiger partial charge is 0.492 e. The molecule has 0 spiro atoms. The number of anilines is 1. The Hall–Kier alpha value is -2.11. The normalized spacial score (nSPS) is 14.9. The van der Waals surface area contributed by atoms with Crippen molar-refractivity contribution in [3.63, 3.8) is 0 Å². The smallest absolute Gasteiger partial charge is 0.173 e. The Labute approximate surface area is 161 Å². The number of benzene rings is 2. The summed E-state index contributed by atoms with van der Waals surface area (Å²) >= 11 is 5.62. The molecule has 2 aromatic rings. The molecule has 0 aromatic heterocycles. The summed E-state index contributed by atoms with van der Waals surface area (Å²) < 4.78 is 5.67. The van der Waals surface area contributed by atoms with Crippen LogP contribution in [0.4, 0.5) is 5.69 Å². The van der Waals surface area contributed by atoms with Gasteiger partial charge in [-0.05, 0) is 43.3 Å². The van der Waals surface area contributed by atoms with Crippen molar-refractivity contribution in [3.05, 3.63) is 60.2 Å². The topological polar surface area (TPSA) is 27.7 Å². The van der Waals surface area contributed by atoms with Gasteiger partial charge in [-0.1, -0.05) is 42.5 Å². The van der Waals surface area contributed by atoms with Crippen molar-refractivity contribution < 1.29 is 4.74 Å². The van der Waals surface area contributed by atoms with Crippen molar-refractivity contribution in [2.24, 2.45) is 0 Å². The fourth-order valence-corrected chi connectivity index (χ4v) is 3.44. The van der Waals surface area contributed by atoms with Gasteiger partial charge in [0.15, 0.2) is 5.11 Å². The average Bonchev–Trinajstić information content (AvgIpc) is 2.69. The van der Waals surface area contributed by atoms with Crippen LogP contribution in [0.25, 0.3) is 0 Å². The van der Waals surface area contributed by atoms with Gasteiger partial charge in [-0.25, -0.2) is 0 Å². The number of piperazine rings is 1. The highest BCUT2D eigenvalue weighted by atomic mass is 32.1. The molecule has 0 atom stereocenters. The zero-order chi connectivity index (χ0) is 18.2. The molecule has 1 aliphatic heterocycles. The predicted octanol–water partition coefficient (Wildman–Crippen LogP) is 3.64. The number of thiocarbonyl (C=S) groups is 1. The van der Waals surface area contributed by atoms with Gasteiger partial charge in [0, 0.05) is 32.7 Å². The Morgan fingerprint density at radius 1 is 1.00 bits per heavy atom. The second-order valence-electron chi connectivity index (χ2n) is 6.42. The molecule has 0 aliphatic carbocycles. The first-order valence-electron chi connectivity index (χ1n) is 9.30. The van der Waals surface area contributed by atoms with E-state index in [1.165, 1.54) is 5.56 Å². The molecule has 5 heteroatoms. The van der Waals surface area contributed by atoms with Crippen LogP contribution in [0.1, 0.15) is 12.5 Å². The van der Waals surface area contributed by atoms with Crippen molar-refractivity contribution in [2.45, 2.75) is 13.3 Å². The van der Waals surface area contributed by atoms with Crippen molar-refractivity contribution >= 4 is 23.0 Å². The minimum absolute atomic E-state index is 0.644. The molecule has 1 N–H and O–H groups in total. The molecule has 2 aromatic carbocycles. The molecule has 0 bridgehead atoms. The van der Waals surface area contributed by atoms with Crippen molar-refractivity contribution in [2.75, 3.05) is 44.6 Å². The maximum absolute atomic E-state index is 5.67. The van der Waals surface area contributed by atoms with Crippen molar-refractivity contribution in [3.8, 4) is 5.75 Å². The van der Waals surface area contributed by atoms with Crippen LogP contribution in [-0.2, 0) is 6.42 Å². The highest BCUT2D eigenvalue weighted by molar-refractivity contribution is 7.80. The van der Waals surface area contributed by atoms with Crippen LogP contribution in [0.5, 0.6) is 5.75 Å². The maximum atomic E-state index is 5.67. The predicted molar refractivity (Wildman–Crippen MR) is 112 cm³/mol. The van der Waals surface area contributed by atoms with E-state index in [9.17, 15) is 0 Å². The van der Waals surface area contributed by atoms with E-state index in [1.54, 1.807) is 0 Å². The number of hydrogen-bond donors (Lipinski definition) is 1. The average molecular weight is 370 g/mol. The first-order valence-corrected chi connectivity index (χ1v) is 9.71. The van der Waals surface area contributed by atoms with Crippen LogP contribution in [0.3, 0.4) is 0 Å². The quantitative estimate of drug-likeness (QED) is 0.785. The van der Waals surface area contributed by atoms with E-state index in [4.69, 9.17) is 17.0 Å². The first kappa shape index (κ1) is 18.7. The van der Waals surface area contributed by atoms with E-state index in [2.05, 4.69) is 45.4 Å². The minimum Gasteiger partial charge on any atom is -0.492 e. The number of hydrogen-bond acceptors (Lipinski definition) is 3. The molecule has 26 heavy (non-hydrogen) atoms. The number of ether oxygens (including phenoxy) is 1. The number of rotatable bonds is 6. The summed E-state index contributed by atoms with van der Waals surface area (Å²) in [6.45, 7) is 7.74. The van der Waals surface area contributed by atoms with E-state index in [0.717, 1.165) is 55.7 Å². The molecule has 3 rings (SSSR count). The van der Waals surface area contributed by atoms with Crippen LogP contribution in [0.2, 0.25) is 0 Å². The fraction of sp³-hybridized carbons (Fsp3) is 0.381. The molecule has 4 nitrogen and oxygen atoms in total. The van der Waals surface area contributed by atoms with Gasteiger partial charge < -0.3 is 15.0 Å². The molecule has 1 heterocycles. The highest BCUT2D eigenvalue weighted by Crippen LogP contribution is 2.24. The molecule has 0 amide bonds. The fourth-order valence-electron chi connectivity index (χ4n) is 3.15. The summed E-state index contributed by atoms with van der Waals surface area (Å²) in [5, 5.41) is 4.13. The Kier molecular flexibility index (Phi) is 6.86. The van der Waals surface area contributed by atoms with E-state index in [-0.39, 0.29) is 0 Å². The van der Waals surface area contributed by atoms with E-state index >= 15 is 0 Å². The number of nitrogens with one attached hydrogen (secondary N) is 1. The second kappa shape index (κ2) is 9.55. The van der Waals surface area contributed by atoms with E-state index in [0.29, 0.717) is 6.61 Å². The van der Waals surface area contributed by atoms with Crippen molar-refractivity contribution in [1.82, 2.24) is 9.80 Å². The van der Waals surface area contributed by atoms with E-state index < -0.39 is 0 Å². The van der Waals surface area contributed by atoms with Crippen LogP contribution in [-0.4, -0.2) is 54.2 Å². The Balaban J connectivity index is 1.46. The van der Waals surface area contributed by atoms with Gasteiger partial charge in [-0.3, -0.25) is 4.90 Å². The lowest BCUT2D eigenvalue weighted by Crippen LogP contribution is -2.50. The Morgan fingerprint density at radius 2 is 1.69 bits per heavy atom. The number of nitrogens with zero attached hydrogens (tertiary/aromatic N) is 2. The number of para-hydroxylation sites is 2. The van der Waals surface area contributed by atoms with Gasteiger partial charge in [-0.15, -0.1) is 0 Å². The van der Waals surface area contributed by atoms with Gasteiger partial charge in [0.2, 0.25) is 0 Å². The van der Waals surface area contributed by atoms with Gasteiger partial charge >= 0.3 is 0 Å². The lowest BCUT2D eigenvalue weighted by Gasteiger charge is -2.36. The molecule has 0 radical (unpaired) electrons. The summed E-state index contributed by atoms with van der Waals surface area (Å²) in [6.07, 6.45) is 1.10. The molecule has 0 unspecified atom stereocenters. The third-order valence-corrected chi connectivity index (χ3v) is 5.01. The molecule has 1 aliphatic rings. The molecule has 0 saturated carbocycles. The standard InChI is InChI=1S/C21H27N3OS/c1-2-25-20-11-7-6-10-19(20)22-21(26)24-16-14-23(15-17-24)13-12-18-8-4-3-5-9-18/h3-11H,2,12-17H2,1H3,(H,22,26). The second-order valence-corrected chi connectivity index (χ2v) is 6.81. The van der Waals surface area contributed by atoms with Gasteiger partial charge in [0.1, 0.15) is 5.75 Å². The zero-order valence-electron chi connectivity index (χ0n) is 15.4. The van der Waals surface area contributed by atoms with Gasteiger partial charge in [0.25, 0.3) is 0 Å². The maximum Gasteiger partial charge on any atom is 0.173 e. The van der Waals surface area contributed by atoms with Crippen LogP contribution >= 0.6 is 12.2 Å². The first-order chi connectivity index (χ1) is 12.8. The summed E-state index contributed by atoms with van der Waals surface area (Å²) in [7, 11) is 0. The lowest BCUT2D eigenvalue weighted by molar-refractivity contribution is 0.185. The molecule has 138 valence electrons. The molecule has 1 fully saturated rings. The molecule has 1 saturated heterocycles. The monoisotopic (exact) mass is 369 g/mol. The van der Waals surface area contributed by atoms with Crippen LogP contribution < -0.4 is 10.1 Å². The Morgan fingerprint density at radius 3 is 2.42 bits per heavy atom.